The molecule has 2 aromatic rings. The molecule has 2 rings (SSSR count). The maximum Gasteiger partial charge on any atom is 0.260 e. The predicted octanol–water partition coefficient (Wildman–Crippen LogP) is 3.23. The number of carbonyl (C=O) groups excluding carboxylic acids is 1. The van der Waals surface area contributed by atoms with E-state index in [1.54, 1.807) is 18.2 Å². The Kier molecular flexibility index (Phi) is 3.12. The Balaban J connectivity index is 2.21. The summed E-state index contributed by atoms with van der Waals surface area (Å²) in [6.07, 6.45) is 2.56. The first-order chi connectivity index (χ1) is 7.66. The quantitative estimate of drug-likeness (QED) is 0.898. The number of hydrogen-bond acceptors (Lipinski definition) is 3. The van der Waals surface area contributed by atoms with Crippen LogP contribution in [-0.2, 0) is 0 Å². The maximum absolute atomic E-state index is 11.6. The van der Waals surface area contributed by atoms with E-state index in [0.717, 1.165) is 0 Å². The third kappa shape index (κ3) is 2.35. The number of halogens is 2. The first-order valence-corrected chi connectivity index (χ1v) is 5.08. The fourth-order valence-electron chi connectivity index (χ4n) is 1.10. The smallest absolute Gasteiger partial charge is 0.260 e. The molecule has 0 bridgehead atoms. The van der Waals surface area contributed by atoms with Crippen molar-refractivity contribution < 1.29 is 9.32 Å². The predicted molar refractivity (Wildman–Crippen MR) is 60.9 cm³/mol. The lowest BCUT2D eigenvalue weighted by Crippen LogP contribution is -2.11. The molecule has 1 aromatic carbocycles. The minimum absolute atomic E-state index is 0.316. The summed E-state index contributed by atoms with van der Waals surface area (Å²) in [6.45, 7) is 0. The number of amides is 1. The molecular weight excluding hydrogens is 251 g/mol. The number of nitrogens with zero attached hydrogens (tertiary/aromatic N) is 1. The van der Waals surface area contributed by atoms with E-state index in [1.807, 2.05) is 0 Å². The van der Waals surface area contributed by atoms with Crippen molar-refractivity contribution in [2.24, 2.45) is 0 Å². The van der Waals surface area contributed by atoms with Gasteiger partial charge in [-0.3, -0.25) is 4.79 Å². The number of rotatable bonds is 2. The van der Waals surface area contributed by atoms with Gasteiger partial charge in [-0.1, -0.05) is 28.4 Å². The molecule has 82 valence electrons. The number of nitrogens with one attached hydrogen (secondary N) is 1. The van der Waals surface area contributed by atoms with Gasteiger partial charge >= 0.3 is 0 Å². The van der Waals surface area contributed by atoms with E-state index in [2.05, 4.69) is 15.0 Å². The molecule has 1 heterocycles. The van der Waals surface area contributed by atoms with E-state index in [-0.39, 0.29) is 5.91 Å². The monoisotopic (exact) mass is 256 g/mol. The third-order valence-electron chi connectivity index (χ3n) is 1.87. The summed E-state index contributed by atoms with van der Waals surface area (Å²) in [5.41, 5.74) is 0.761. The molecule has 1 aromatic heterocycles. The summed E-state index contributed by atoms with van der Waals surface area (Å²) < 4.78 is 4.56. The fourth-order valence-corrected chi connectivity index (χ4v) is 1.44. The number of carbonyl (C=O) groups is 1. The minimum Gasteiger partial charge on any atom is -0.364 e. The summed E-state index contributed by atoms with van der Waals surface area (Å²) in [5.74, 6) is -0.356. The zero-order valence-electron chi connectivity index (χ0n) is 7.91. The molecule has 0 atom stereocenters. The average Bonchev–Trinajstić information content (AvgIpc) is 2.76. The lowest BCUT2D eigenvalue weighted by molar-refractivity contribution is 0.102. The molecule has 0 radical (unpaired) electrons. The molecular formula is C10H6Cl2N2O2. The van der Waals surface area contributed by atoms with Crippen LogP contribution in [0.4, 0.5) is 5.69 Å². The zero-order chi connectivity index (χ0) is 11.5. The summed E-state index contributed by atoms with van der Waals surface area (Å²) in [4.78, 5) is 11.6. The highest BCUT2D eigenvalue weighted by molar-refractivity contribution is 6.35. The molecule has 0 spiro atoms. The van der Waals surface area contributed by atoms with E-state index in [4.69, 9.17) is 23.2 Å². The Morgan fingerprint density at radius 1 is 1.38 bits per heavy atom. The van der Waals surface area contributed by atoms with Crippen molar-refractivity contribution in [2.45, 2.75) is 0 Å². The Morgan fingerprint density at radius 2 is 2.19 bits per heavy atom. The third-order valence-corrected chi connectivity index (χ3v) is 2.44. The van der Waals surface area contributed by atoms with Gasteiger partial charge in [0.25, 0.3) is 5.91 Å². The lowest BCUT2D eigenvalue weighted by atomic mass is 10.3. The number of aromatic nitrogens is 1. The number of anilines is 1. The Morgan fingerprint density at radius 3 is 2.88 bits per heavy atom. The summed E-state index contributed by atoms with van der Waals surface area (Å²) in [5, 5.41) is 6.93. The van der Waals surface area contributed by atoms with Crippen LogP contribution in [-0.4, -0.2) is 11.1 Å². The van der Waals surface area contributed by atoms with Crippen LogP contribution in [0, 0.1) is 0 Å². The van der Waals surface area contributed by atoms with Gasteiger partial charge in [0.15, 0.2) is 0 Å². The molecule has 16 heavy (non-hydrogen) atoms. The van der Waals surface area contributed by atoms with Gasteiger partial charge in [-0.15, -0.1) is 0 Å². The first-order valence-electron chi connectivity index (χ1n) is 4.32. The molecule has 1 N–H and O–H groups in total. The fraction of sp³-hybridized carbons (Fsp3) is 0. The normalized spacial score (nSPS) is 10.1. The SMILES string of the molecule is O=C(Nc1cc(Cl)ccc1Cl)c1cnoc1. The van der Waals surface area contributed by atoms with E-state index in [9.17, 15) is 4.79 Å². The van der Waals surface area contributed by atoms with Gasteiger partial charge in [-0.2, -0.15) is 0 Å². The van der Waals surface area contributed by atoms with Crippen molar-refractivity contribution >= 4 is 34.8 Å². The number of benzene rings is 1. The lowest BCUT2D eigenvalue weighted by Gasteiger charge is -2.05. The summed E-state index contributed by atoms with van der Waals surface area (Å²) in [7, 11) is 0. The molecule has 1 amide bonds. The standard InChI is InChI=1S/C10H6Cl2N2O2/c11-7-1-2-8(12)9(3-7)14-10(15)6-4-13-16-5-6/h1-5H,(H,14,15). The van der Waals surface area contributed by atoms with Crippen molar-refractivity contribution in [3.05, 3.63) is 46.3 Å². The van der Waals surface area contributed by atoms with Crippen LogP contribution in [0.3, 0.4) is 0 Å². The van der Waals surface area contributed by atoms with Gasteiger partial charge in [-0.25, -0.2) is 0 Å². The van der Waals surface area contributed by atoms with Crippen molar-refractivity contribution in [2.75, 3.05) is 5.32 Å². The van der Waals surface area contributed by atoms with Crippen LogP contribution < -0.4 is 5.32 Å². The second kappa shape index (κ2) is 4.55. The van der Waals surface area contributed by atoms with Gasteiger partial charge in [0.1, 0.15) is 6.26 Å². The van der Waals surface area contributed by atoms with Gasteiger partial charge in [0.05, 0.1) is 22.5 Å². The largest absolute Gasteiger partial charge is 0.364 e. The van der Waals surface area contributed by atoms with Crippen LogP contribution in [0.5, 0.6) is 0 Å². The molecule has 0 aliphatic rings. The molecule has 0 saturated carbocycles. The molecule has 0 unspecified atom stereocenters. The van der Waals surface area contributed by atoms with Gasteiger partial charge in [0.2, 0.25) is 0 Å². The van der Waals surface area contributed by atoms with Crippen molar-refractivity contribution in [3.8, 4) is 0 Å². The van der Waals surface area contributed by atoms with Crippen molar-refractivity contribution in [1.29, 1.82) is 0 Å². The highest BCUT2D eigenvalue weighted by atomic mass is 35.5. The number of hydrogen-bond donors (Lipinski definition) is 1. The Labute approximate surface area is 101 Å². The minimum atomic E-state index is -0.356. The van der Waals surface area contributed by atoms with E-state index in [0.29, 0.717) is 21.3 Å². The molecule has 4 nitrogen and oxygen atoms in total. The molecule has 6 heteroatoms. The summed E-state index contributed by atoms with van der Waals surface area (Å²) >= 11 is 11.7. The first kappa shape index (κ1) is 11.0. The van der Waals surface area contributed by atoms with Crippen molar-refractivity contribution in [3.63, 3.8) is 0 Å². The Hall–Kier alpha value is -1.52. The molecule has 0 saturated heterocycles. The van der Waals surface area contributed by atoms with Crippen LogP contribution in [0.15, 0.2) is 35.2 Å². The zero-order valence-corrected chi connectivity index (χ0v) is 9.42. The highest BCUT2D eigenvalue weighted by Gasteiger charge is 2.10. The topological polar surface area (TPSA) is 55.1 Å². The highest BCUT2D eigenvalue weighted by Crippen LogP contribution is 2.25. The van der Waals surface area contributed by atoms with Gasteiger partial charge in [-0.05, 0) is 18.2 Å². The second-order valence-corrected chi connectivity index (χ2v) is 3.84. The van der Waals surface area contributed by atoms with Crippen LogP contribution in [0.25, 0.3) is 0 Å². The van der Waals surface area contributed by atoms with E-state index < -0.39 is 0 Å². The molecule has 0 aliphatic carbocycles. The van der Waals surface area contributed by atoms with E-state index >= 15 is 0 Å². The Bertz CT molecular complexity index is 512. The van der Waals surface area contributed by atoms with Crippen molar-refractivity contribution in [1.82, 2.24) is 5.16 Å². The maximum atomic E-state index is 11.6. The van der Waals surface area contributed by atoms with E-state index in [1.165, 1.54) is 12.5 Å². The van der Waals surface area contributed by atoms with Gasteiger partial charge < -0.3 is 9.84 Å². The molecule has 0 aliphatic heterocycles. The van der Waals surface area contributed by atoms with Crippen LogP contribution >= 0.6 is 23.2 Å². The summed E-state index contributed by atoms with van der Waals surface area (Å²) in [6, 6.07) is 4.81. The van der Waals surface area contributed by atoms with Crippen LogP contribution in [0.2, 0.25) is 10.0 Å². The van der Waals surface area contributed by atoms with Crippen LogP contribution in [0.1, 0.15) is 10.4 Å². The molecule has 0 fully saturated rings. The average molecular weight is 257 g/mol. The second-order valence-electron chi connectivity index (χ2n) is 2.99. The van der Waals surface area contributed by atoms with Gasteiger partial charge in [0, 0.05) is 5.02 Å².